The minimum atomic E-state index is 0.0757. The summed E-state index contributed by atoms with van der Waals surface area (Å²) in [6.45, 7) is 12.9. The van der Waals surface area contributed by atoms with Crippen molar-refractivity contribution in [2.75, 3.05) is 26.2 Å². The van der Waals surface area contributed by atoms with Gasteiger partial charge >= 0.3 is 0 Å². The molecule has 2 unspecified atom stereocenters. The summed E-state index contributed by atoms with van der Waals surface area (Å²) in [5.41, 5.74) is 0.0757. The van der Waals surface area contributed by atoms with Gasteiger partial charge in [0.2, 0.25) is 0 Å². The van der Waals surface area contributed by atoms with E-state index in [2.05, 4.69) is 38.3 Å². The molecule has 2 N–H and O–H groups in total. The van der Waals surface area contributed by atoms with E-state index in [9.17, 15) is 0 Å². The summed E-state index contributed by atoms with van der Waals surface area (Å²) in [5, 5.41) is 7.02. The molecule has 1 aliphatic heterocycles. The molecule has 16 heavy (non-hydrogen) atoms. The van der Waals surface area contributed by atoms with Crippen LogP contribution in [0.25, 0.3) is 0 Å². The predicted molar refractivity (Wildman–Crippen MR) is 68.8 cm³/mol. The van der Waals surface area contributed by atoms with Crippen molar-refractivity contribution in [1.29, 1.82) is 0 Å². The first kappa shape index (κ1) is 13.9. The molecule has 1 aliphatic rings. The second-order valence-electron chi connectivity index (χ2n) is 5.74. The lowest BCUT2D eigenvalue weighted by atomic mass is 10.0. The van der Waals surface area contributed by atoms with Crippen molar-refractivity contribution >= 4 is 0 Å². The molecular weight excluding hydrogens is 200 g/mol. The topological polar surface area (TPSA) is 33.3 Å². The first-order valence-corrected chi connectivity index (χ1v) is 6.60. The molecule has 0 radical (unpaired) electrons. The summed E-state index contributed by atoms with van der Waals surface area (Å²) in [6, 6.07) is 0.514. The van der Waals surface area contributed by atoms with E-state index in [-0.39, 0.29) is 5.60 Å². The molecule has 0 saturated carbocycles. The Hall–Kier alpha value is -0.120. The molecular formula is C13H28N2O. The van der Waals surface area contributed by atoms with Gasteiger partial charge in [-0.15, -0.1) is 0 Å². The largest absolute Gasteiger partial charge is 0.374 e. The Morgan fingerprint density at radius 1 is 1.25 bits per heavy atom. The van der Waals surface area contributed by atoms with Gasteiger partial charge in [-0.2, -0.15) is 0 Å². The molecule has 96 valence electrons. The third kappa shape index (κ3) is 5.28. The summed E-state index contributed by atoms with van der Waals surface area (Å²) in [6.07, 6.45) is 2.39. The summed E-state index contributed by atoms with van der Waals surface area (Å²) in [4.78, 5) is 0. The van der Waals surface area contributed by atoms with E-state index >= 15 is 0 Å². The molecule has 0 aromatic carbocycles. The zero-order chi connectivity index (χ0) is 12.0. The molecule has 0 aliphatic carbocycles. The Bertz CT molecular complexity index is 188. The van der Waals surface area contributed by atoms with E-state index in [1.54, 1.807) is 0 Å². The number of hydrogen-bond acceptors (Lipinski definition) is 3. The van der Waals surface area contributed by atoms with Crippen molar-refractivity contribution in [1.82, 2.24) is 10.6 Å². The van der Waals surface area contributed by atoms with Crippen molar-refractivity contribution in [2.24, 2.45) is 5.92 Å². The monoisotopic (exact) mass is 228 g/mol. The second-order valence-corrected chi connectivity index (χ2v) is 5.74. The van der Waals surface area contributed by atoms with Crippen LogP contribution >= 0.6 is 0 Å². The Morgan fingerprint density at radius 2 is 2.00 bits per heavy atom. The lowest BCUT2D eigenvalue weighted by molar-refractivity contribution is 0.0191. The average Bonchev–Trinajstić information content (AvgIpc) is 2.62. The van der Waals surface area contributed by atoms with Gasteiger partial charge < -0.3 is 15.4 Å². The highest BCUT2D eigenvalue weighted by Crippen LogP contribution is 2.23. The van der Waals surface area contributed by atoms with Gasteiger partial charge in [0, 0.05) is 25.7 Å². The van der Waals surface area contributed by atoms with E-state index < -0.39 is 0 Å². The van der Waals surface area contributed by atoms with Gasteiger partial charge in [0.1, 0.15) is 0 Å². The van der Waals surface area contributed by atoms with Crippen LogP contribution < -0.4 is 10.6 Å². The normalized spacial score (nSPS) is 27.6. The summed E-state index contributed by atoms with van der Waals surface area (Å²) in [5.74, 6) is 0.725. The Morgan fingerprint density at radius 3 is 2.56 bits per heavy atom. The van der Waals surface area contributed by atoms with Crippen LogP contribution in [0.3, 0.4) is 0 Å². The maximum absolute atomic E-state index is 5.75. The minimum absolute atomic E-state index is 0.0757. The van der Waals surface area contributed by atoms with E-state index in [0.717, 1.165) is 32.2 Å². The first-order valence-electron chi connectivity index (χ1n) is 6.60. The van der Waals surface area contributed by atoms with Crippen LogP contribution in [-0.4, -0.2) is 37.9 Å². The van der Waals surface area contributed by atoms with E-state index in [4.69, 9.17) is 4.74 Å². The Balaban J connectivity index is 2.07. The van der Waals surface area contributed by atoms with E-state index in [1.807, 2.05) is 0 Å². The molecule has 1 rings (SSSR count). The molecule has 3 nitrogen and oxygen atoms in total. The van der Waals surface area contributed by atoms with Gasteiger partial charge in [-0.25, -0.2) is 0 Å². The number of nitrogens with one attached hydrogen (secondary N) is 2. The molecule has 0 aromatic heterocycles. The fraction of sp³-hybridized carbons (Fsp3) is 1.00. The van der Waals surface area contributed by atoms with Gasteiger partial charge in [-0.05, 0) is 39.2 Å². The van der Waals surface area contributed by atoms with Gasteiger partial charge in [-0.3, -0.25) is 0 Å². The highest BCUT2D eigenvalue weighted by Gasteiger charge is 2.29. The molecule has 0 amide bonds. The standard InChI is InChI=1S/C13H28N2O/c1-11(2)8-14-9-12(3)15-10-13(4)6-5-7-16-13/h11-12,14-15H,5-10H2,1-4H3. The van der Waals surface area contributed by atoms with Gasteiger partial charge in [0.25, 0.3) is 0 Å². The second kappa shape index (κ2) is 6.58. The molecule has 0 aromatic rings. The molecule has 0 spiro atoms. The molecule has 2 atom stereocenters. The van der Waals surface area contributed by atoms with Crippen molar-refractivity contribution in [3.05, 3.63) is 0 Å². The van der Waals surface area contributed by atoms with Crippen LogP contribution in [0.1, 0.15) is 40.5 Å². The third-order valence-electron chi connectivity index (χ3n) is 3.13. The van der Waals surface area contributed by atoms with Crippen molar-refractivity contribution in [2.45, 2.75) is 52.2 Å². The predicted octanol–water partition coefficient (Wildman–Crippen LogP) is 1.78. The van der Waals surface area contributed by atoms with Crippen molar-refractivity contribution in [3.63, 3.8) is 0 Å². The fourth-order valence-electron chi connectivity index (χ4n) is 2.03. The number of ether oxygens (including phenoxy) is 1. The molecule has 1 fully saturated rings. The Labute approximate surface area is 100 Å². The van der Waals surface area contributed by atoms with Gasteiger partial charge in [-0.1, -0.05) is 13.8 Å². The SMILES string of the molecule is CC(C)CNCC(C)NCC1(C)CCCO1. The van der Waals surface area contributed by atoms with E-state index in [1.165, 1.54) is 12.8 Å². The minimum Gasteiger partial charge on any atom is -0.374 e. The first-order chi connectivity index (χ1) is 7.52. The number of hydrogen-bond donors (Lipinski definition) is 2. The fourth-order valence-corrected chi connectivity index (χ4v) is 2.03. The maximum Gasteiger partial charge on any atom is 0.0779 e. The third-order valence-corrected chi connectivity index (χ3v) is 3.13. The summed E-state index contributed by atoms with van der Waals surface area (Å²) >= 11 is 0. The van der Waals surface area contributed by atoms with Crippen LogP contribution in [-0.2, 0) is 4.74 Å². The Kier molecular flexibility index (Phi) is 5.73. The lowest BCUT2D eigenvalue weighted by Gasteiger charge is -2.26. The van der Waals surface area contributed by atoms with Crippen LogP contribution in [0.2, 0.25) is 0 Å². The van der Waals surface area contributed by atoms with Crippen LogP contribution in [0, 0.1) is 5.92 Å². The molecule has 3 heteroatoms. The highest BCUT2D eigenvalue weighted by atomic mass is 16.5. The van der Waals surface area contributed by atoms with Crippen molar-refractivity contribution < 1.29 is 4.74 Å². The molecule has 1 saturated heterocycles. The van der Waals surface area contributed by atoms with Crippen LogP contribution in [0.15, 0.2) is 0 Å². The van der Waals surface area contributed by atoms with Gasteiger partial charge in [0.05, 0.1) is 5.60 Å². The van der Waals surface area contributed by atoms with Gasteiger partial charge in [0.15, 0.2) is 0 Å². The molecule has 0 bridgehead atoms. The average molecular weight is 228 g/mol. The smallest absolute Gasteiger partial charge is 0.0779 e. The molecule has 1 heterocycles. The van der Waals surface area contributed by atoms with Crippen molar-refractivity contribution in [3.8, 4) is 0 Å². The maximum atomic E-state index is 5.75. The van der Waals surface area contributed by atoms with Crippen LogP contribution in [0.4, 0.5) is 0 Å². The lowest BCUT2D eigenvalue weighted by Crippen LogP contribution is -2.45. The zero-order valence-corrected chi connectivity index (χ0v) is 11.3. The summed E-state index contributed by atoms with van der Waals surface area (Å²) in [7, 11) is 0. The number of rotatable bonds is 7. The van der Waals surface area contributed by atoms with E-state index in [0.29, 0.717) is 6.04 Å². The zero-order valence-electron chi connectivity index (χ0n) is 11.3. The highest BCUT2D eigenvalue weighted by molar-refractivity contribution is 4.83. The quantitative estimate of drug-likeness (QED) is 0.697. The van der Waals surface area contributed by atoms with Crippen LogP contribution in [0.5, 0.6) is 0 Å². The summed E-state index contributed by atoms with van der Waals surface area (Å²) < 4.78 is 5.75.